The molecule has 206 valence electrons. The molecule has 0 aliphatic carbocycles. The number of carbonyl (C=O) groups excluding carboxylic acids is 1. The van der Waals surface area contributed by atoms with Crippen LogP contribution in [0.5, 0.6) is 0 Å². The van der Waals surface area contributed by atoms with Gasteiger partial charge in [-0.1, -0.05) is 104 Å². The van der Waals surface area contributed by atoms with Crippen LogP contribution in [-0.2, 0) is 16.1 Å². The van der Waals surface area contributed by atoms with Crippen molar-refractivity contribution in [1.82, 2.24) is 5.32 Å². The van der Waals surface area contributed by atoms with Crippen molar-refractivity contribution in [2.45, 2.75) is 44.8 Å². The van der Waals surface area contributed by atoms with Gasteiger partial charge in [0.1, 0.15) is 0 Å². The van der Waals surface area contributed by atoms with Crippen LogP contribution in [0.1, 0.15) is 65.3 Å². The van der Waals surface area contributed by atoms with Crippen molar-refractivity contribution in [3.8, 4) is 11.1 Å². The summed E-state index contributed by atoms with van der Waals surface area (Å²) >= 11 is 6.20. The van der Waals surface area contributed by atoms with E-state index in [1.54, 1.807) is 12.1 Å². The molecule has 6 heteroatoms. The summed E-state index contributed by atoms with van der Waals surface area (Å²) in [5.41, 5.74) is 6.03. The highest BCUT2D eigenvalue weighted by Gasteiger charge is 2.26. The minimum absolute atomic E-state index is 0.0545. The number of benzene rings is 4. The number of hydrogen-bond acceptors (Lipinski definition) is 3. The maximum Gasteiger partial charge on any atom is 0.305 e. The molecule has 0 radical (unpaired) electrons. The second-order valence-corrected chi connectivity index (χ2v) is 10.2. The Bertz CT molecular complexity index is 1370. The summed E-state index contributed by atoms with van der Waals surface area (Å²) in [7, 11) is 0. The molecule has 0 aromatic heterocycles. The molecular formula is C34H34ClNO4. The molecule has 4 rings (SSSR count). The van der Waals surface area contributed by atoms with Crippen LogP contribution >= 0.6 is 11.6 Å². The normalized spacial score (nSPS) is 12.4. The number of hydrogen-bond donors (Lipinski definition) is 2. The zero-order valence-corrected chi connectivity index (χ0v) is 23.3. The first-order valence-corrected chi connectivity index (χ1v) is 13.9. The molecule has 0 fully saturated rings. The minimum Gasteiger partial charge on any atom is -0.481 e. The quantitative estimate of drug-likeness (QED) is 0.175. The van der Waals surface area contributed by atoms with E-state index < -0.39 is 5.97 Å². The molecule has 0 aliphatic heterocycles. The lowest BCUT2D eigenvalue weighted by Gasteiger charge is -2.28. The number of carboxylic acids is 1. The summed E-state index contributed by atoms with van der Waals surface area (Å²) in [6, 6.07) is 34.0. The SMILES string of the molecule is CCC[C@H](c1ccc(C(=O)NCCC(=O)O)cc1)[C@@H](OCc1ccc(-c2ccccc2)cc1)c1ccc(Cl)cc1. The molecule has 0 saturated heterocycles. The highest BCUT2D eigenvalue weighted by atomic mass is 35.5. The highest BCUT2D eigenvalue weighted by molar-refractivity contribution is 6.30. The van der Waals surface area contributed by atoms with Crippen molar-refractivity contribution in [2.24, 2.45) is 0 Å². The van der Waals surface area contributed by atoms with Gasteiger partial charge in [-0.2, -0.15) is 0 Å². The Morgan fingerprint density at radius 2 is 1.45 bits per heavy atom. The van der Waals surface area contributed by atoms with Gasteiger partial charge in [0.2, 0.25) is 0 Å². The van der Waals surface area contributed by atoms with Gasteiger partial charge in [0.05, 0.1) is 19.1 Å². The topological polar surface area (TPSA) is 75.6 Å². The lowest BCUT2D eigenvalue weighted by molar-refractivity contribution is -0.136. The maximum atomic E-state index is 12.5. The Morgan fingerprint density at radius 1 is 0.825 bits per heavy atom. The molecule has 0 bridgehead atoms. The van der Waals surface area contributed by atoms with Crippen molar-refractivity contribution >= 4 is 23.5 Å². The Hall–Kier alpha value is -3.93. The number of rotatable bonds is 13. The predicted octanol–water partition coefficient (Wildman–Crippen LogP) is 8.05. The van der Waals surface area contributed by atoms with Crippen LogP contribution in [0.15, 0.2) is 103 Å². The predicted molar refractivity (Wildman–Crippen MR) is 160 cm³/mol. The summed E-state index contributed by atoms with van der Waals surface area (Å²) < 4.78 is 6.64. The van der Waals surface area contributed by atoms with E-state index >= 15 is 0 Å². The Labute approximate surface area is 240 Å². The molecule has 0 aliphatic rings. The van der Waals surface area contributed by atoms with E-state index in [1.165, 1.54) is 5.56 Å². The fourth-order valence-electron chi connectivity index (χ4n) is 4.78. The summed E-state index contributed by atoms with van der Waals surface area (Å²) in [4.78, 5) is 23.2. The molecule has 5 nitrogen and oxygen atoms in total. The molecule has 1 amide bonds. The maximum absolute atomic E-state index is 12.5. The second-order valence-electron chi connectivity index (χ2n) is 9.76. The first kappa shape index (κ1) is 29.1. The van der Waals surface area contributed by atoms with E-state index in [0.29, 0.717) is 17.2 Å². The van der Waals surface area contributed by atoms with Crippen LogP contribution < -0.4 is 5.32 Å². The van der Waals surface area contributed by atoms with Gasteiger partial charge in [-0.15, -0.1) is 0 Å². The van der Waals surface area contributed by atoms with Crippen molar-refractivity contribution in [1.29, 1.82) is 0 Å². The van der Waals surface area contributed by atoms with Gasteiger partial charge in [-0.05, 0) is 58.5 Å². The third kappa shape index (κ3) is 8.04. The number of halogens is 1. The van der Waals surface area contributed by atoms with Gasteiger partial charge in [0.25, 0.3) is 5.91 Å². The van der Waals surface area contributed by atoms with Crippen molar-refractivity contribution in [3.05, 3.63) is 130 Å². The van der Waals surface area contributed by atoms with Crippen LogP contribution in [0.3, 0.4) is 0 Å². The van der Waals surface area contributed by atoms with Crippen LogP contribution in [-0.4, -0.2) is 23.5 Å². The van der Waals surface area contributed by atoms with E-state index in [1.807, 2.05) is 54.6 Å². The average Bonchev–Trinajstić information content (AvgIpc) is 2.98. The van der Waals surface area contributed by atoms with E-state index in [2.05, 4.69) is 48.6 Å². The van der Waals surface area contributed by atoms with Crippen molar-refractivity contribution < 1.29 is 19.4 Å². The molecule has 0 unspecified atom stereocenters. The molecule has 2 N–H and O–H groups in total. The van der Waals surface area contributed by atoms with Crippen LogP contribution in [0.25, 0.3) is 11.1 Å². The standard InChI is InChI=1S/C34H34ClNO4/c1-2-6-31(27-13-15-29(16-14-27)34(39)36-22-21-32(37)38)33(28-17-19-30(35)20-18-28)40-23-24-9-11-26(12-10-24)25-7-4-3-5-8-25/h3-5,7-20,31,33H,2,6,21-23H2,1H3,(H,36,39)(H,37,38)/t31-,33+/m1/s1. The van der Waals surface area contributed by atoms with Gasteiger partial charge in [0, 0.05) is 23.0 Å². The summed E-state index contributed by atoms with van der Waals surface area (Å²) in [6.07, 6.45) is 1.52. The number of ether oxygens (including phenoxy) is 1. The zero-order chi connectivity index (χ0) is 28.3. The molecule has 0 heterocycles. The van der Waals surface area contributed by atoms with Crippen LogP contribution in [0.4, 0.5) is 0 Å². The molecule has 40 heavy (non-hydrogen) atoms. The Morgan fingerprint density at radius 3 is 2.08 bits per heavy atom. The number of aliphatic carboxylic acids is 1. The van der Waals surface area contributed by atoms with E-state index in [-0.39, 0.29) is 30.9 Å². The largest absolute Gasteiger partial charge is 0.481 e. The smallest absolute Gasteiger partial charge is 0.305 e. The van der Waals surface area contributed by atoms with Crippen LogP contribution in [0, 0.1) is 0 Å². The van der Waals surface area contributed by atoms with E-state index in [0.717, 1.165) is 35.1 Å². The van der Waals surface area contributed by atoms with Gasteiger partial charge >= 0.3 is 5.97 Å². The fourth-order valence-corrected chi connectivity index (χ4v) is 4.90. The second kappa shape index (κ2) is 14.5. The lowest BCUT2D eigenvalue weighted by atomic mass is 9.85. The van der Waals surface area contributed by atoms with Gasteiger partial charge in [0.15, 0.2) is 0 Å². The van der Waals surface area contributed by atoms with E-state index in [4.69, 9.17) is 21.4 Å². The third-order valence-corrected chi connectivity index (χ3v) is 7.13. The fraction of sp³-hybridized carbons (Fsp3) is 0.235. The Kier molecular flexibility index (Phi) is 10.5. The van der Waals surface area contributed by atoms with Crippen LogP contribution in [0.2, 0.25) is 5.02 Å². The molecule has 2 atom stereocenters. The minimum atomic E-state index is -0.946. The number of nitrogens with one attached hydrogen (secondary N) is 1. The molecule has 0 spiro atoms. The van der Waals surface area contributed by atoms with Crippen molar-refractivity contribution in [2.75, 3.05) is 6.54 Å². The summed E-state index contributed by atoms with van der Waals surface area (Å²) in [5, 5.41) is 12.1. The molecule has 0 saturated carbocycles. The average molecular weight is 556 g/mol. The molecule has 4 aromatic carbocycles. The van der Waals surface area contributed by atoms with Crippen molar-refractivity contribution in [3.63, 3.8) is 0 Å². The summed E-state index contributed by atoms with van der Waals surface area (Å²) in [5.74, 6) is -1.18. The summed E-state index contributed by atoms with van der Waals surface area (Å²) in [6.45, 7) is 2.69. The first-order chi connectivity index (χ1) is 19.4. The zero-order valence-electron chi connectivity index (χ0n) is 22.6. The number of amides is 1. The number of carbonyl (C=O) groups is 2. The third-order valence-electron chi connectivity index (χ3n) is 6.88. The van der Waals surface area contributed by atoms with Gasteiger partial charge in [-0.3, -0.25) is 9.59 Å². The highest BCUT2D eigenvalue weighted by Crippen LogP contribution is 2.39. The Balaban J connectivity index is 1.54. The van der Waals surface area contributed by atoms with E-state index in [9.17, 15) is 9.59 Å². The monoisotopic (exact) mass is 555 g/mol. The van der Waals surface area contributed by atoms with Gasteiger partial charge in [-0.25, -0.2) is 0 Å². The molecule has 4 aromatic rings. The van der Waals surface area contributed by atoms with Gasteiger partial charge < -0.3 is 15.2 Å². The number of carboxylic acid groups (broad SMARTS) is 1. The molecular weight excluding hydrogens is 522 g/mol. The lowest BCUT2D eigenvalue weighted by Crippen LogP contribution is -2.26. The first-order valence-electron chi connectivity index (χ1n) is 13.6.